The van der Waals surface area contributed by atoms with Crippen molar-refractivity contribution in [2.75, 3.05) is 59.4 Å². The predicted molar refractivity (Wildman–Crippen MR) is 70.3 cm³/mol. The normalized spacial score (nSPS) is 31.6. The summed E-state index contributed by atoms with van der Waals surface area (Å²) in [6.45, 7) is 10.2. The van der Waals surface area contributed by atoms with E-state index < -0.39 is 0 Å². The smallest absolute Gasteiger partial charge is 0.0345 e. The highest BCUT2D eigenvalue weighted by atomic mass is 15.3. The number of piperidine rings is 1. The van der Waals surface area contributed by atoms with Gasteiger partial charge in [-0.15, -0.1) is 0 Å². The van der Waals surface area contributed by atoms with E-state index in [4.69, 9.17) is 0 Å². The molecule has 0 aromatic heterocycles. The standard InChI is InChI=1S/C13H26N4/c1-15-6-8-17(9-7-15)12-2-4-16(5-3-12)13-10-14-11-13/h12-14H,2-11H2,1H3. The molecule has 0 aromatic carbocycles. The monoisotopic (exact) mass is 238 g/mol. The molecule has 0 bridgehead atoms. The number of nitrogens with zero attached hydrogens (tertiary/aromatic N) is 3. The number of rotatable bonds is 2. The van der Waals surface area contributed by atoms with Crippen molar-refractivity contribution in [2.24, 2.45) is 0 Å². The van der Waals surface area contributed by atoms with Crippen LogP contribution in [0.3, 0.4) is 0 Å². The van der Waals surface area contributed by atoms with Crippen LogP contribution in [0.1, 0.15) is 12.8 Å². The largest absolute Gasteiger partial charge is 0.314 e. The van der Waals surface area contributed by atoms with Gasteiger partial charge in [-0.2, -0.15) is 0 Å². The van der Waals surface area contributed by atoms with Crippen molar-refractivity contribution in [3.8, 4) is 0 Å². The van der Waals surface area contributed by atoms with Gasteiger partial charge in [0.2, 0.25) is 0 Å². The summed E-state index contributed by atoms with van der Waals surface area (Å²) < 4.78 is 0. The Balaban J connectivity index is 1.44. The van der Waals surface area contributed by atoms with Crippen LogP contribution in [0.4, 0.5) is 0 Å². The van der Waals surface area contributed by atoms with Gasteiger partial charge < -0.3 is 10.2 Å². The van der Waals surface area contributed by atoms with Crippen LogP contribution in [-0.4, -0.2) is 86.2 Å². The van der Waals surface area contributed by atoms with E-state index in [0.717, 1.165) is 12.1 Å². The first-order valence-electron chi connectivity index (χ1n) is 7.20. The fraction of sp³-hybridized carbons (Fsp3) is 1.00. The fourth-order valence-corrected chi connectivity index (χ4v) is 3.33. The summed E-state index contributed by atoms with van der Waals surface area (Å²) in [4.78, 5) is 7.88. The summed E-state index contributed by atoms with van der Waals surface area (Å²) in [5.41, 5.74) is 0. The molecule has 0 aliphatic carbocycles. The molecule has 17 heavy (non-hydrogen) atoms. The van der Waals surface area contributed by atoms with Gasteiger partial charge in [-0.05, 0) is 19.9 Å². The fourth-order valence-electron chi connectivity index (χ4n) is 3.33. The number of piperazine rings is 1. The van der Waals surface area contributed by atoms with Crippen molar-refractivity contribution in [1.29, 1.82) is 0 Å². The van der Waals surface area contributed by atoms with E-state index in [-0.39, 0.29) is 0 Å². The second-order valence-electron chi connectivity index (χ2n) is 5.92. The van der Waals surface area contributed by atoms with Crippen LogP contribution in [0, 0.1) is 0 Å². The van der Waals surface area contributed by atoms with Crippen molar-refractivity contribution >= 4 is 0 Å². The van der Waals surface area contributed by atoms with Crippen molar-refractivity contribution in [3.05, 3.63) is 0 Å². The van der Waals surface area contributed by atoms with Gasteiger partial charge >= 0.3 is 0 Å². The van der Waals surface area contributed by atoms with Crippen molar-refractivity contribution in [3.63, 3.8) is 0 Å². The van der Waals surface area contributed by atoms with Gasteiger partial charge in [-0.3, -0.25) is 9.80 Å². The Morgan fingerprint density at radius 1 is 0.765 bits per heavy atom. The highest BCUT2D eigenvalue weighted by molar-refractivity contribution is 4.90. The molecule has 98 valence electrons. The third kappa shape index (κ3) is 2.65. The van der Waals surface area contributed by atoms with Gasteiger partial charge in [0.25, 0.3) is 0 Å². The number of likely N-dealkylation sites (tertiary alicyclic amines) is 1. The topological polar surface area (TPSA) is 21.8 Å². The van der Waals surface area contributed by atoms with Crippen molar-refractivity contribution in [1.82, 2.24) is 20.0 Å². The van der Waals surface area contributed by atoms with Gasteiger partial charge in [0.15, 0.2) is 0 Å². The molecule has 3 rings (SSSR count). The quantitative estimate of drug-likeness (QED) is 0.711. The molecule has 4 heteroatoms. The second kappa shape index (κ2) is 5.22. The molecule has 3 heterocycles. The van der Waals surface area contributed by atoms with Crippen LogP contribution in [0.5, 0.6) is 0 Å². The van der Waals surface area contributed by atoms with E-state index in [1.807, 2.05) is 0 Å². The SMILES string of the molecule is CN1CCN(C2CCN(C3CNC3)CC2)CC1. The average molecular weight is 238 g/mol. The van der Waals surface area contributed by atoms with Crippen molar-refractivity contribution in [2.45, 2.75) is 24.9 Å². The zero-order chi connectivity index (χ0) is 11.7. The van der Waals surface area contributed by atoms with E-state index in [2.05, 4.69) is 27.1 Å². The summed E-state index contributed by atoms with van der Waals surface area (Å²) >= 11 is 0. The Morgan fingerprint density at radius 2 is 1.35 bits per heavy atom. The Kier molecular flexibility index (Phi) is 3.66. The molecule has 0 atom stereocenters. The van der Waals surface area contributed by atoms with Gasteiger partial charge in [-0.25, -0.2) is 0 Å². The lowest BCUT2D eigenvalue weighted by atomic mass is 9.99. The number of hydrogen-bond donors (Lipinski definition) is 1. The molecule has 4 nitrogen and oxygen atoms in total. The number of likely N-dealkylation sites (N-methyl/N-ethyl adjacent to an activating group) is 1. The van der Waals surface area contributed by atoms with E-state index in [1.54, 1.807) is 0 Å². The van der Waals surface area contributed by atoms with E-state index in [0.29, 0.717) is 0 Å². The van der Waals surface area contributed by atoms with Gasteiger partial charge in [0.05, 0.1) is 0 Å². The Bertz CT molecular complexity index is 238. The van der Waals surface area contributed by atoms with Crippen LogP contribution in [0.25, 0.3) is 0 Å². The Labute approximate surface area is 105 Å². The van der Waals surface area contributed by atoms with Crippen LogP contribution >= 0.6 is 0 Å². The average Bonchev–Trinajstić information content (AvgIpc) is 2.29. The summed E-state index contributed by atoms with van der Waals surface area (Å²) in [6, 6.07) is 1.72. The Hall–Kier alpha value is -0.160. The first-order chi connectivity index (χ1) is 8.33. The van der Waals surface area contributed by atoms with Crippen LogP contribution in [-0.2, 0) is 0 Å². The van der Waals surface area contributed by atoms with Crippen LogP contribution < -0.4 is 5.32 Å². The van der Waals surface area contributed by atoms with Crippen LogP contribution in [0.2, 0.25) is 0 Å². The molecule has 1 N–H and O–H groups in total. The maximum absolute atomic E-state index is 3.38. The minimum atomic E-state index is 0.850. The van der Waals surface area contributed by atoms with E-state index >= 15 is 0 Å². The highest BCUT2D eigenvalue weighted by Gasteiger charge is 2.31. The summed E-state index contributed by atoms with van der Waals surface area (Å²) in [5.74, 6) is 0. The third-order valence-corrected chi connectivity index (χ3v) is 4.83. The lowest BCUT2D eigenvalue weighted by molar-refractivity contribution is 0.0437. The van der Waals surface area contributed by atoms with Crippen molar-refractivity contribution < 1.29 is 0 Å². The first kappa shape index (κ1) is 11.9. The van der Waals surface area contributed by atoms with Gasteiger partial charge in [-0.1, -0.05) is 0 Å². The molecule has 0 radical (unpaired) electrons. The molecule has 0 saturated carbocycles. The molecular formula is C13H26N4. The molecule has 0 spiro atoms. The molecule has 3 aliphatic heterocycles. The minimum Gasteiger partial charge on any atom is -0.314 e. The second-order valence-corrected chi connectivity index (χ2v) is 5.92. The summed E-state index contributed by atoms with van der Waals surface area (Å²) in [6.07, 6.45) is 2.78. The number of nitrogens with one attached hydrogen (secondary N) is 1. The molecule has 0 aromatic rings. The van der Waals surface area contributed by atoms with Gasteiger partial charge in [0.1, 0.15) is 0 Å². The molecule has 0 unspecified atom stereocenters. The number of hydrogen-bond acceptors (Lipinski definition) is 4. The lowest BCUT2D eigenvalue weighted by Gasteiger charge is -2.46. The summed E-state index contributed by atoms with van der Waals surface area (Å²) in [7, 11) is 2.24. The molecule has 3 saturated heterocycles. The summed E-state index contributed by atoms with van der Waals surface area (Å²) in [5, 5.41) is 3.38. The lowest BCUT2D eigenvalue weighted by Crippen LogP contribution is -2.60. The molecule has 0 amide bonds. The van der Waals surface area contributed by atoms with Crippen LogP contribution in [0.15, 0.2) is 0 Å². The van der Waals surface area contributed by atoms with Gasteiger partial charge in [0, 0.05) is 64.4 Å². The maximum atomic E-state index is 3.38. The first-order valence-corrected chi connectivity index (χ1v) is 7.20. The highest BCUT2D eigenvalue weighted by Crippen LogP contribution is 2.20. The van der Waals surface area contributed by atoms with E-state index in [9.17, 15) is 0 Å². The molecule has 3 aliphatic rings. The third-order valence-electron chi connectivity index (χ3n) is 4.83. The predicted octanol–water partition coefficient (Wildman–Crippen LogP) is -0.330. The molecular weight excluding hydrogens is 212 g/mol. The zero-order valence-electron chi connectivity index (χ0n) is 11.1. The molecule has 3 fully saturated rings. The van der Waals surface area contributed by atoms with E-state index in [1.165, 1.54) is 65.2 Å². The Morgan fingerprint density at radius 3 is 1.88 bits per heavy atom. The minimum absolute atomic E-state index is 0.850. The maximum Gasteiger partial charge on any atom is 0.0345 e. The zero-order valence-corrected chi connectivity index (χ0v) is 11.1.